The molecule has 0 amide bonds. The molecule has 0 unspecified atom stereocenters. The van der Waals surface area contributed by atoms with E-state index in [0.717, 1.165) is 6.42 Å². The number of hydrogen-bond donors (Lipinski definition) is 0. The zero-order chi connectivity index (χ0) is 10.4. The third-order valence-electron chi connectivity index (χ3n) is 1.78. The maximum atomic E-state index is 5.61. The van der Waals surface area contributed by atoms with Gasteiger partial charge in [0.05, 0.1) is 6.61 Å². The van der Waals surface area contributed by atoms with E-state index in [1.54, 1.807) is 12.3 Å². The first-order valence-electron chi connectivity index (χ1n) is 4.80. The van der Waals surface area contributed by atoms with Crippen molar-refractivity contribution in [2.45, 2.75) is 26.7 Å². The molecule has 1 rings (SSSR count). The van der Waals surface area contributed by atoms with Crippen molar-refractivity contribution >= 4 is 11.6 Å². The molecule has 14 heavy (non-hydrogen) atoms. The van der Waals surface area contributed by atoms with Gasteiger partial charge < -0.3 is 4.74 Å². The van der Waals surface area contributed by atoms with Crippen molar-refractivity contribution in [2.24, 2.45) is 5.92 Å². The molecule has 0 fully saturated rings. The Morgan fingerprint density at radius 1 is 1.50 bits per heavy atom. The maximum Gasteiger partial charge on any atom is 0.225 e. The van der Waals surface area contributed by atoms with E-state index in [4.69, 9.17) is 16.3 Å². The Bertz CT molecular complexity index is 279. The summed E-state index contributed by atoms with van der Waals surface area (Å²) in [6.07, 6.45) is 3.80. The molecule has 0 saturated carbocycles. The minimum atomic E-state index is 0.228. The fourth-order valence-corrected chi connectivity index (χ4v) is 1.21. The number of aromatic nitrogens is 2. The first-order chi connectivity index (χ1) is 6.68. The van der Waals surface area contributed by atoms with Crippen LogP contribution in [0.25, 0.3) is 0 Å². The van der Waals surface area contributed by atoms with Crippen molar-refractivity contribution in [3.05, 3.63) is 17.5 Å². The minimum Gasteiger partial charge on any atom is -0.478 e. The highest BCUT2D eigenvalue weighted by Crippen LogP contribution is 2.10. The van der Waals surface area contributed by atoms with Gasteiger partial charge in [-0.2, -0.15) is 4.98 Å². The molecule has 0 aliphatic heterocycles. The highest BCUT2D eigenvalue weighted by molar-refractivity contribution is 6.28. The SMILES string of the molecule is CC(C)CCCOc1ccnc(Cl)n1. The lowest BCUT2D eigenvalue weighted by Crippen LogP contribution is -2.01. The molecule has 1 heterocycles. The van der Waals surface area contributed by atoms with Gasteiger partial charge in [-0.05, 0) is 30.4 Å². The van der Waals surface area contributed by atoms with Gasteiger partial charge in [-0.25, -0.2) is 4.98 Å². The molecule has 1 aromatic heterocycles. The van der Waals surface area contributed by atoms with Gasteiger partial charge in [0.15, 0.2) is 0 Å². The van der Waals surface area contributed by atoms with Crippen LogP contribution < -0.4 is 4.74 Å². The second kappa shape index (κ2) is 5.81. The summed E-state index contributed by atoms with van der Waals surface area (Å²) in [5.41, 5.74) is 0. The lowest BCUT2D eigenvalue weighted by Gasteiger charge is -2.06. The molecule has 0 aliphatic carbocycles. The Kier molecular flexibility index (Phi) is 4.66. The summed E-state index contributed by atoms with van der Waals surface area (Å²) in [4.78, 5) is 7.69. The molecule has 0 bridgehead atoms. The van der Waals surface area contributed by atoms with E-state index in [9.17, 15) is 0 Å². The van der Waals surface area contributed by atoms with Gasteiger partial charge in [-0.15, -0.1) is 0 Å². The molecule has 78 valence electrons. The molecule has 3 nitrogen and oxygen atoms in total. The van der Waals surface area contributed by atoms with E-state index in [0.29, 0.717) is 18.4 Å². The first kappa shape index (κ1) is 11.2. The number of nitrogens with zero attached hydrogens (tertiary/aromatic N) is 2. The van der Waals surface area contributed by atoms with Crippen LogP contribution >= 0.6 is 11.6 Å². The molecular formula is C10H15ClN2O. The van der Waals surface area contributed by atoms with Crippen LogP contribution in [0, 0.1) is 5.92 Å². The van der Waals surface area contributed by atoms with Crippen LogP contribution in [-0.2, 0) is 0 Å². The molecule has 0 aromatic carbocycles. The summed E-state index contributed by atoms with van der Waals surface area (Å²) in [7, 11) is 0. The van der Waals surface area contributed by atoms with Gasteiger partial charge in [-0.1, -0.05) is 13.8 Å². The predicted molar refractivity (Wildman–Crippen MR) is 56.6 cm³/mol. The number of halogens is 1. The lowest BCUT2D eigenvalue weighted by molar-refractivity contribution is 0.287. The molecule has 0 aliphatic rings. The van der Waals surface area contributed by atoms with Crippen LogP contribution in [-0.4, -0.2) is 16.6 Å². The van der Waals surface area contributed by atoms with E-state index in [1.165, 1.54) is 6.42 Å². The predicted octanol–water partition coefficient (Wildman–Crippen LogP) is 2.95. The Morgan fingerprint density at radius 2 is 2.29 bits per heavy atom. The van der Waals surface area contributed by atoms with Gasteiger partial charge in [0.25, 0.3) is 0 Å². The highest BCUT2D eigenvalue weighted by atomic mass is 35.5. The summed E-state index contributed by atoms with van der Waals surface area (Å²) in [5.74, 6) is 1.27. The number of ether oxygens (including phenoxy) is 1. The Labute approximate surface area is 89.5 Å². The Morgan fingerprint density at radius 3 is 2.93 bits per heavy atom. The van der Waals surface area contributed by atoms with Crippen LogP contribution in [0.1, 0.15) is 26.7 Å². The van der Waals surface area contributed by atoms with Gasteiger partial charge in [0.1, 0.15) is 0 Å². The van der Waals surface area contributed by atoms with Crippen LogP contribution in [0.3, 0.4) is 0 Å². The monoisotopic (exact) mass is 214 g/mol. The fourth-order valence-electron chi connectivity index (χ4n) is 1.07. The van der Waals surface area contributed by atoms with Crippen molar-refractivity contribution in [1.29, 1.82) is 0 Å². The van der Waals surface area contributed by atoms with Gasteiger partial charge in [0.2, 0.25) is 11.2 Å². The summed E-state index contributed by atoms with van der Waals surface area (Å²) >= 11 is 5.61. The van der Waals surface area contributed by atoms with Crippen molar-refractivity contribution in [2.75, 3.05) is 6.61 Å². The van der Waals surface area contributed by atoms with Crippen LogP contribution in [0.15, 0.2) is 12.3 Å². The minimum absolute atomic E-state index is 0.228. The molecule has 0 atom stereocenters. The smallest absolute Gasteiger partial charge is 0.225 e. The quantitative estimate of drug-likeness (QED) is 0.559. The summed E-state index contributed by atoms with van der Waals surface area (Å²) < 4.78 is 5.40. The zero-order valence-electron chi connectivity index (χ0n) is 8.53. The highest BCUT2D eigenvalue weighted by Gasteiger charge is 1.98. The summed E-state index contributed by atoms with van der Waals surface area (Å²) in [6, 6.07) is 1.71. The molecular weight excluding hydrogens is 200 g/mol. The van der Waals surface area contributed by atoms with Crippen LogP contribution in [0.2, 0.25) is 5.28 Å². The van der Waals surface area contributed by atoms with E-state index in [2.05, 4.69) is 23.8 Å². The van der Waals surface area contributed by atoms with Crippen LogP contribution in [0.4, 0.5) is 0 Å². The molecule has 4 heteroatoms. The van der Waals surface area contributed by atoms with E-state index >= 15 is 0 Å². The van der Waals surface area contributed by atoms with Crippen molar-refractivity contribution < 1.29 is 4.74 Å². The molecule has 0 radical (unpaired) electrons. The topological polar surface area (TPSA) is 35.0 Å². The Balaban J connectivity index is 2.25. The second-order valence-electron chi connectivity index (χ2n) is 3.55. The summed E-state index contributed by atoms with van der Waals surface area (Å²) in [5, 5.41) is 0.228. The second-order valence-corrected chi connectivity index (χ2v) is 3.89. The standard InChI is InChI=1S/C10H15ClN2O/c1-8(2)4-3-7-14-9-5-6-12-10(11)13-9/h5-6,8H,3-4,7H2,1-2H3. The third-order valence-corrected chi connectivity index (χ3v) is 1.96. The van der Waals surface area contributed by atoms with E-state index in [-0.39, 0.29) is 5.28 Å². The number of rotatable bonds is 5. The fraction of sp³-hybridized carbons (Fsp3) is 0.600. The Hall–Kier alpha value is -0.830. The maximum absolute atomic E-state index is 5.61. The van der Waals surface area contributed by atoms with Crippen molar-refractivity contribution in [3.63, 3.8) is 0 Å². The third kappa shape index (κ3) is 4.42. The van der Waals surface area contributed by atoms with Crippen LogP contribution in [0.5, 0.6) is 5.88 Å². The largest absolute Gasteiger partial charge is 0.478 e. The molecule has 0 N–H and O–H groups in total. The van der Waals surface area contributed by atoms with Gasteiger partial charge in [-0.3, -0.25) is 0 Å². The normalized spacial score (nSPS) is 10.6. The lowest BCUT2D eigenvalue weighted by atomic mass is 10.1. The zero-order valence-corrected chi connectivity index (χ0v) is 9.29. The molecule has 1 aromatic rings. The first-order valence-corrected chi connectivity index (χ1v) is 5.17. The molecule has 0 saturated heterocycles. The van der Waals surface area contributed by atoms with Gasteiger partial charge >= 0.3 is 0 Å². The van der Waals surface area contributed by atoms with Crippen molar-refractivity contribution in [1.82, 2.24) is 9.97 Å². The molecule has 0 spiro atoms. The van der Waals surface area contributed by atoms with E-state index < -0.39 is 0 Å². The number of hydrogen-bond acceptors (Lipinski definition) is 3. The average Bonchev–Trinajstić information content (AvgIpc) is 2.12. The average molecular weight is 215 g/mol. The van der Waals surface area contributed by atoms with E-state index in [1.807, 2.05) is 0 Å². The van der Waals surface area contributed by atoms with Crippen molar-refractivity contribution in [3.8, 4) is 5.88 Å². The van der Waals surface area contributed by atoms with Gasteiger partial charge in [0, 0.05) is 12.3 Å². The summed E-state index contributed by atoms with van der Waals surface area (Å²) in [6.45, 7) is 5.08.